The number of aromatic nitrogens is 2. The monoisotopic (exact) mass is 244 g/mol. The molecule has 1 N–H and O–H groups in total. The molecule has 0 bridgehead atoms. The number of imidazole rings is 1. The first-order valence-electron chi connectivity index (χ1n) is 5.22. The maximum absolute atomic E-state index is 12.0. The van der Waals surface area contributed by atoms with E-state index >= 15 is 0 Å². The average molecular weight is 244 g/mol. The molecule has 1 atom stereocenters. The summed E-state index contributed by atoms with van der Waals surface area (Å²) in [7, 11) is -0.248. The molecule has 1 unspecified atom stereocenters. The topological polar surface area (TPSA) is 69.3 Å². The molecule has 1 aromatic heterocycles. The number of hydrogen-bond donors (Lipinski definition) is 1. The van der Waals surface area contributed by atoms with Gasteiger partial charge < -0.3 is 4.98 Å². The first-order chi connectivity index (χ1) is 7.53. The first kappa shape index (κ1) is 11.6. The van der Waals surface area contributed by atoms with Crippen molar-refractivity contribution in [1.82, 2.24) is 18.6 Å². The van der Waals surface area contributed by atoms with Gasteiger partial charge in [0.2, 0.25) is 0 Å². The highest BCUT2D eigenvalue weighted by molar-refractivity contribution is 7.86. The van der Waals surface area contributed by atoms with Gasteiger partial charge in [0.15, 0.2) is 0 Å². The molecule has 0 spiro atoms. The minimum atomic E-state index is -3.35. The van der Waals surface area contributed by atoms with Gasteiger partial charge in [0.1, 0.15) is 5.82 Å². The first-order valence-corrected chi connectivity index (χ1v) is 6.62. The largest absolute Gasteiger partial charge is 0.347 e. The van der Waals surface area contributed by atoms with E-state index in [4.69, 9.17) is 0 Å². The molecule has 1 aliphatic rings. The molecule has 1 aliphatic heterocycles. The van der Waals surface area contributed by atoms with Gasteiger partial charge in [0.25, 0.3) is 10.2 Å². The molecule has 0 aromatic carbocycles. The lowest BCUT2D eigenvalue weighted by Gasteiger charge is -2.25. The van der Waals surface area contributed by atoms with Gasteiger partial charge in [-0.15, -0.1) is 0 Å². The molecule has 1 fully saturated rings. The van der Waals surface area contributed by atoms with Crippen LogP contribution in [0.2, 0.25) is 0 Å². The summed E-state index contributed by atoms with van der Waals surface area (Å²) >= 11 is 0. The molecular weight excluding hydrogens is 228 g/mol. The molecule has 1 saturated heterocycles. The van der Waals surface area contributed by atoms with Crippen LogP contribution in [0.25, 0.3) is 0 Å². The summed E-state index contributed by atoms with van der Waals surface area (Å²) in [6, 6.07) is -0.151. The molecular formula is C9H16N4O2S. The molecule has 7 heteroatoms. The molecule has 0 aliphatic carbocycles. The summed E-state index contributed by atoms with van der Waals surface area (Å²) < 4.78 is 26.8. The lowest BCUT2D eigenvalue weighted by Crippen LogP contribution is -2.39. The summed E-state index contributed by atoms with van der Waals surface area (Å²) in [5.74, 6) is 0.725. The third kappa shape index (κ3) is 1.85. The van der Waals surface area contributed by atoms with Crippen LogP contribution in [0.3, 0.4) is 0 Å². The van der Waals surface area contributed by atoms with Crippen LogP contribution in [-0.4, -0.2) is 47.6 Å². The van der Waals surface area contributed by atoms with Crippen molar-refractivity contribution >= 4 is 10.2 Å². The average Bonchev–Trinajstić information content (AvgIpc) is 2.88. The maximum atomic E-state index is 12.0. The molecule has 90 valence electrons. The predicted molar refractivity (Wildman–Crippen MR) is 59.9 cm³/mol. The summed E-state index contributed by atoms with van der Waals surface area (Å²) in [5.41, 5.74) is 0. The fraction of sp³-hybridized carbons (Fsp3) is 0.667. The Hall–Kier alpha value is -0.920. The van der Waals surface area contributed by atoms with E-state index in [0.29, 0.717) is 6.54 Å². The molecule has 0 amide bonds. The Morgan fingerprint density at radius 3 is 2.88 bits per heavy atom. The number of rotatable bonds is 3. The van der Waals surface area contributed by atoms with E-state index in [2.05, 4.69) is 9.97 Å². The zero-order valence-corrected chi connectivity index (χ0v) is 10.2. The normalized spacial score (nSPS) is 23.1. The van der Waals surface area contributed by atoms with Gasteiger partial charge in [-0.25, -0.2) is 4.98 Å². The highest BCUT2D eigenvalue weighted by Gasteiger charge is 2.37. The van der Waals surface area contributed by atoms with Gasteiger partial charge >= 0.3 is 0 Å². The Morgan fingerprint density at radius 2 is 2.31 bits per heavy atom. The zero-order chi connectivity index (χ0) is 11.8. The molecule has 1 aromatic rings. The van der Waals surface area contributed by atoms with E-state index in [9.17, 15) is 8.42 Å². The van der Waals surface area contributed by atoms with Gasteiger partial charge in [-0.2, -0.15) is 17.0 Å². The second kappa shape index (κ2) is 4.15. The number of H-pyrrole nitrogens is 1. The van der Waals surface area contributed by atoms with Gasteiger partial charge in [0, 0.05) is 33.0 Å². The minimum Gasteiger partial charge on any atom is -0.347 e. The van der Waals surface area contributed by atoms with Crippen molar-refractivity contribution in [2.75, 3.05) is 20.6 Å². The number of aromatic amines is 1. The highest BCUT2D eigenvalue weighted by atomic mass is 32.2. The Labute approximate surface area is 95.5 Å². The van der Waals surface area contributed by atoms with Crippen molar-refractivity contribution < 1.29 is 8.42 Å². The van der Waals surface area contributed by atoms with E-state index in [-0.39, 0.29) is 6.04 Å². The van der Waals surface area contributed by atoms with E-state index in [1.54, 1.807) is 26.5 Å². The van der Waals surface area contributed by atoms with Crippen molar-refractivity contribution in [3.05, 3.63) is 18.2 Å². The molecule has 0 radical (unpaired) electrons. The van der Waals surface area contributed by atoms with E-state index in [1.807, 2.05) is 0 Å². The molecule has 6 nitrogen and oxygen atoms in total. The van der Waals surface area contributed by atoms with Gasteiger partial charge in [-0.3, -0.25) is 0 Å². The van der Waals surface area contributed by atoms with E-state index in [0.717, 1.165) is 18.7 Å². The van der Waals surface area contributed by atoms with Crippen LogP contribution in [0.15, 0.2) is 12.4 Å². The van der Waals surface area contributed by atoms with Crippen molar-refractivity contribution in [1.29, 1.82) is 0 Å². The predicted octanol–water partition coefficient (Wildman–Crippen LogP) is 0.353. The Balaban J connectivity index is 2.29. The van der Waals surface area contributed by atoms with E-state index in [1.165, 1.54) is 8.61 Å². The van der Waals surface area contributed by atoms with Crippen LogP contribution in [0.4, 0.5) is 0 Å². The second-order valence-corrected chi connectivity index (χ2v) is 6.13. The SMILES string of the molecule is CN(C)S(=O)(=O)N1CCCC1c1ncc[nH]1. The quantitative estimate of drug-likeness (QED) is 0.834. The fourth-order valence-electron chi connectivity index (χ4n) is 1.96. The third-order valence-corrected chi connectivity index (χ3v) is 4.75. The smallest absolute Gasteiger partial charge is 0.282 e. The van der Waals surface area contributed by atoms with E-state index < -0.39 is 10.2 Å². The van der Waals surface area contributed by atoms with Crippen molar-refractivity contribution in [2.24, 2.45) is 0 Å². The van der Waals surface area contributed by atoms with Crippen molar-refractivity contribution in [3.63, 3.8) is 0 Å². The third-order valence-electron chi connectivity index (χ3n) is 2.80. The highest BCUT2D eigenvalue weighted by Crippen LogP contribution is 2.32. The summed E-state index contributed by atoms with van der Waals surface area (Å²) in [6.07, 6.45) is 5.06. The van der Waals surface area contributed by atoms with Crippen molar-refractivity contribution in [2.45, 2.75) is 18.9 Å². The maximum Gasteiger partial charge on any atom is 0.282 e. The summed E-state index contributed by atoms with van der Waals surface area (Å²) in [6.45, 7) is 0.561. The molecule has 16 heavy (non-hydrogen) atoms. The Morgan fingerprint density at radius 1 is 1.56 bits per heavy atom. The number of hydrogen-bond acceptors (Lipinski definition) is 3. The summed E-state index contributed by atoms with van der Waals surface area (Å²) in [4.78, 5) is 7.13. The van der Waals surface area contributed by atoms with Crippen LogP contribution in [-0.2, 0) is 10.2 Å². The Bertz CT molecular complexity index is 440. The number of nitrogens with one attached hydrogen (secondary N) is 1. The minimum absolute atomic E-state index is 0.151. The van der Waals surface area contributed by atoms with Crippen molar-refractivity contribution in [3.8, 4) is 0 Å². The fourth-order valence-corrected chi connectivity index (χ4v) is 3.27. The van der Waals surface area contributed by atoms with Crippen LogP contribution < -0.4 is 0 Å². The zero-order valence-electron chi connectivity index (χ0n) is 9.42. The lowest BCUT2D eigenvalue weighted by molar-refractivity contribution is 0.354. The molecule has 0 saturated carbocycles. The molecule has 2 rings (SSSR count). The van der Waals surface area contributed by atoms with Gasteiger partial charge in [-0.05, 0) is 12.8 Å². The Kier molecular flexibility index (Phi) is 3.00. The second-order valence-electron chi connectivity index (χ2n) is 4.03. The van der Waals surface area contributed by atoms with Gasteiger partial charge in [-0.1, -0.05) is 0 Å². The lowest BCUT2D eigenvalue weighted by atomic mass is 10.2. The summed E-state index contributed by atoms with van der Waals surface area (Å²) in [5, 5.41) is 0. The van der Waals surface area contributed by atoms with Crippen LogP contribution in [0.1, 0.15) is 24.7 Å². The van der Waals surface area contributed by atoms with Gasteiger partial charge in [0.05, 0.1) is 6.04 Å². The van der Waals surface area contributed by atoms with Crippen LogP contribution in [0, 0.1) is 0 Å². The standard InChI is InChI=1S/C9H16N4O2S/c1-12(2)16(14,15)13-7-3-4-8(13)9-10-5-6-11-9/h5-6,8H,3-4,7H2,1-2H3,(H,10,11). The number of nitrogens with zero attached hydrogens (tertiary/aromatic N) is 3. The van der Waals surface area contributed by atoms with Crippen LogP contribution in [0.5, 0.6) is 0 Å². The molecule has 2 heterocycles. The van der Waals surface area contributed by atoms with Crippen LogP contribution >= 0.6 is 0 Å².